The van der Waals surface area contributed by atoms with Crippen LogP contribution in [0.3, 0.4) is 0 Å². The summed E-state index contributed by atoms with van der Waals surface area (Å²) >= 11 is 5.96. The molecule has 1 heterocycles. The molecule has 0 unspecified atom stereocenters. The van der Waals surface area contributed by atoms with E-state index in [-0.39, 0.29) is 30.7 Å². The smallest absolute Gasteiger partial charge is 0.263 e. The van der Waals surface area contributed by atoms with E-state index in [1.807, 2.05) is 0 Å². The van der Waals surface area contributed by atoms with Crippen LogP contribution in [0, 0.1) is 5.92 Å². The molecule has 0 saturated carbocycles. The van der Waals surface area contributed by atoms with Crippen LogP contribution in [0.5, 0.6) is 0 Å². The van der Waals surface area contributed by atoms with Crippen LogP contribution in [0.4, 0.5) is 5.69 Å². The zero-order chi connectivity index (χ0) is 18.2. The first-order chi connectivity index (χ1) is 12.0. The van der Waals surface area contributed by atoms with Gasteiger partial charge in [-0.2, -0.15) is 0 Å². The monoisotopic (exact) mass is 366 g/mol. The Balaban J connectivity index is 1.73. The molecule has 0 radical (unpaired) electrons. The number of para-hydroxylation sites is 1. The number of amidine groups is 1. The third kappa shape index (κ3) is 6.26. The van der Waals surface area contributed by atoms with Crippen molar-refractivity contribution in [2.45, 2.75) is 26.2 Å². The van der Waals surface area contributed by atoms with Crippen molar-refractivity contribution in [1.82, 2.24) is 4.90 Å². The van der Waals surface area contributed by atoms with E-state index in [1.165, 1.54) is 0 Å². The number of oxime groups is 1. The van der Waals surface area contributed by atoms with Gasteiger partial charge in [-0.1, -0.05) is 35.8 Å². The standard InChI is InChI=1S/C17H23ClN4O3/c1-12-6-8-22(9-7-12)17(24)11-25-21-15(19)10-16(23)20-14-5-3-2-4-13(14)18/h2-5,12H,6-11H2,1H3,(H2,19,21)(H,20,23). The highest BCUT2D eigenvalue weighted by Gasteiger charge is 2.20. The molecule has 8 heteroatoms. The van der Waals surface area contributed by atoms with Crippen LogP contribution in [0.15, 0.2) is 29.4 Å². The molecular formula is C17H23ClN4O3. The first kappa shape index (κ1) is 19.1. The number of anilines is 1. The third-order valence-electron chi connectivity index (χ3n) is 4.00. The summed E-state index contributed by atoms with van der Waals surface area (Å²) in [6.45, 7) is 3.48. The molecule has 0 atom stereocenters. The molecule has 136 valence electrons. The molecule has 1 aliphatic rings. The number of carbonyl (C=O) groups is 2. The van der Waals surface area contributed by atoms with Crippen molar-refractivity contribution in [3.8, 4) is 0 Å². The van der Waals surface area contributed by atoms with Gasteiger partial charge in [-0.25, -0.2) is 0 Å². The number of hydrogen-bond acceptors (Lipinski definition) is 4. The minimum absolute atomic E-state index is 0.00961. The second kappa shape index (κ2) is 9.27. The van der Waals surface area contributed by atoms with E-state index in [0.717, 1.165) is 25.9 Å². The van der Waals surface area contributed by atoms with Gasteiger partial charge in [0.15, 0.2) is 6.61 Å². The van der Waals surface area contributed by atoms with Crippen LogP contribution < -0.4 is 11.1 Å². The first-order valence-electron chi connectivity index (χ1n) is 8.22. The Morgan fingerprint density at radius 3 is 2.72 bits per heavy atom. The quantitative estimate of drug-likeness (QED) is 0.458. The summed E-state index contributed by atoms with van der Waals surface area (Å²) in [4.78, 5) is 30.6. The summed E-state index contributed by atoms with van der Waals surface area (Å²) in [6.07, 6.45) is 1.85. The molecule has 1 saturated heterocycles. The summed E-state index contributed by atoms with van der Waals surface area (Å²) in [5.41, 5.74) is 6.15. The minimum Gasteiger partial charge on any atom is -0.384 e. The molecule has 1 aliphatic heterocycles. The highest BCUT2D eigenvalue weighted by atomic mass is 35.5. The van der Waals surface area contributed by atoms with Crippen LogP contribution in [0.1, 0.15) is 26.2 Å². The second-order valence-electron chi connectivity index (χ2n) is 6.12. The molecule has 1 aromatic carbocycles. The van der Waals surface area contributed by atoms with Gasteiger partial charge in [0.1, 0.15) is 5.84 Å². The average molecular weight is 367 g/mol. The Morgan fingerprint density at radius 1 is 1.36 bits per heavy atom. The van der Waals surface area contributed by atoms with Gasteiger partial charge in [0.05, 0.1) is 17.1 Å². The SMILES string of the molecule is CC1CCN(C(=O)CON=C(N)CC(=O)Nc2ccccc2Cl)CC1. The lowest BCUT2D eigenvalue weighted by molar-refractivity contribution is -0.137. The predicted molar refractivity (Wildman–Crippen MR) is 97.3 cm³/mol. The number of carbonyl (C=O) groups excluding carboxylic acids is 2. The Morgan fingerprint density at radius 2 is 2.04 bits per heavy atom. The molecule has 25 heavy (non-hydrogen) atoms. The lowest BCUT2D eigenvalue weighted by Crippen LogP contribution is -2.39. The molecular weight excluding hydrogens is 344 g/mol. The van der Waals surface area contributed by atoms with Gasteiger partial charge in [-0.05, 0) is 30.9 Å². The van der Waals surface area contributed by atoms with Crippen LogP contribution in [0.25, 0.3) is 0 Å². The van der Waals surface area contributed by atoms with E-state index in [0.29, 0.717) is 16.6 Å². The third-order valence-corrected chi connectivity index (χ3v) is 4.33. The number of nitrogens with one attached hydrogen (secondary N) is 1. The number of nitrogens with zero attached hydrogens (tertiary/aromatic N) is 2. The van der Waals surface area contributed by atoms with Crippen molar-refractivity contribution in [2.75, 3.05) is 25.0 Å². The van der Waals surface area contributed by atoms with E-state index in [2.05, 4.69) is 17.4 Å². The topological polar surface area (TPSA) is 97.0 Å². The summed E-state index contributed by atoms with van der Waals surface area (Å²) < 4.78 is 0. The zero-order valence-corrected chi connectivity index (χ0v) is 15.0. The van der Waals surface area contributed by atoms with Crippen molar-refractivity contribution in [2.24, 2.45) is 16.8 Å². The number of piperidine rings is 1. The molecule has 1 aromatic rings. The minimum atomic E-state index is -0.366. The van der Waals surface area contributed by atoms with E-state index in [4.69, 9.17) is 22.2 Å². The van der Waals surface area contributed by atoms with Crippen molar-refractivity contribution in [3.05, 3.63) is 29.3 Å². The fraction of sp³-hybridized carbons (Fsp3) is 0.471. The van der Waals surface area contributed by atoms with Crippen molar-refractivity contribution in [1.29, 1.82) is 0 Å². The fourth-order valence-corrected chi connectivity index (χ4v) is 2.66. The number of amides is 2. The number of halogens is 1. The molecule has 1 fully saturated rings. The maximum atomic E-state index is 12.0. The zero-order valence-electron chi connectivity index (χ0n) is 14.2. The first-order valence-corrected chi connectivity index (χ1v) is 8.60. The van der Waals surface area contributed by atoms with Crippen LogP contribution in [0.2, 0.25) is 5.02 Å². The Labute approximate surface area is 152 Å². The highest BCUT2D eigenvalue weighted by Crippen LogP contribution is 2.20. The van der Waals surface area contributed by atoms with E-state index in [1.54, 1.807) is 29.2 Å². The number of rotatable bonds is 6. The van der Waals surface area contributed by atoms with Crippen LogP contribution in [-0.2, 0) is 14.4 Å². The lowest BCUT2D eigenvalue weighted by Gasteiger charge is -2.29. The normalized spacial score (nSPS) is 15.8. The molecule has 3 N–H and O–H groups in total. The van der Waals surface area contributed by atoms with Crippen molar-refractivity contribution in [3.63, 3.8) is 0 Å². The van der Waals surface area contributed by atoms with Gasteiger partial charge in [0.2, 0.25) is 5.91 Å². The maximum Gasteiger partial charge on any atom is 0.263 e. The van der Waals surface area contributed by atoms with E-state index in [9.17, 15) is 9.59 Å². The number of nitrogens with two attached hydrogens (primary N) is 1. The molecule has 0 aromatic heterocycles. The van der Waals surface area contributed by atoms with E-state index >= 15 is 0 Å². The summed E-state index contributed by atoms with van der Waals surface area (Å²) in [7, 11) is 0. The van der Waals surface area contributed by atoms with Gasteiger partial charge >= 0.3 is 0 Å². The molecule has 0 spiro atoms. The fourth-order valence-electron chi connectivity index (χ4n) is 2.47. The van der Waals surface area contributed by atoms with Gasteiger partial charge < -0.3 is 20.8 Å². The van der Waals surface area contributed by atoms with Crippen LogP contribution in [-0.4, -0.2) is 42.2 Å². The molecule has 7 nitrogen and oxygen atoms in total. The Bertz CT molecular complexity index is 643. The van der Waals surface area contributed by atoms with E-state index < -0.39 is 0 Å². The van der Waals surface area contributed by atoms with Gasteiger partial charge in [-0.3, -0.25) is 9.59 Å². The summed E-state index contributed by atoms with van der Waals surface area (Å²) in [5.74, 6) is 0.151. The molecule has 2 amide bonds. The van der Waals surface area contributed by atoms with Gasteiger partial charge in [-0.15, -0.1) is 0 Å². The summed E-state index contributed by atoms with van der Waals surface area (Å²) in [5, 5.41) is 6.70. The lowest BCUT2D eigenvalue weighted by atomic mass is 9.99. The molecule has 0 aliphatic carbocycles. The Hall–Kier alpha value is -2.28. The average Bonchev–Trinajstić information content (AvgIpc) is 2.57. The van der Waals surface area contributed by atoms with Crippen molar-refractivity contribution < 1.29 is 14.4 Å². The highest BCUT2D eigenvalue weighted by molar-refractivity contribution is 6.33. The predicted octanol–water partition coefficient (Wildman–Crippen LogP) is 2.22. The number of hydrogen-bond donors (Lipinski definition) is 2. The molecule has 0 bridgehead atoms. The number of benzene rings is 1. The second-order valence-corrected chi connectivity index (χ2v) is 6.53. The Kier molecular flexibility index (Phi) is 7.06. The summed E-state index contributed by atoms with van der Waals surface area (Å²) in [6, 6.07) is 6.88. The number of likely N-dealkylation sites (tertiary alicyclic amines) is 1. The van der Waals surface area contributed by atoms with Gasteiger partial charge in [0.25, 0.3) is 5.91 Å². The largest absolute Gasteiger partial charge is 0.384 e. The maximum absolute atomic E-state index is 12.0. The van der Waals surface area contributed by atoms with Crippen LogP contribution >= 0.6 is 11.6 Å². The van der Waals surface area contributed by atoms with Crippen molar-refractivity contribution >= 4 is 34.9 Å². The van der Waals surface area contributed by atoms with Gasteiger partial charge in [0, 0.05) is 13.1 Å². The molecule has 2 rings (SSSR count).